The van der Waals surface area contributed by atoms with E-state index in [1.54, 1.807) is 0 Å². The van der Waals surface area contributed by atoms with Crippen LogP contribution in [-0.2, 0) is 4.74 Å². The SMILES string of the molecule is CN=C(NC1CCCC1)NC1CC(C)(OC)C1(C)C.I. The lowest BCUT2D eigenvalue weighted by atomic mass is 9.56. The van der Waals surface area contributed by atoms with E-state index in [1.165, 1.54) is 25.7 Å². The zero-order chi connectivity index (χ0) is 14.1. The molecule has 5 heteroatoms. The van der Waals surface area contributed by atoms with Crippen molar-refractivity contribution >= 4 is 29.9 Å². The fourth-order valence-corrected chi connectivity index (χ4v) is 3.32. The molecule has 2 N–H and O–H groups in total. The van der Waals surface area contributed by atoms with Gasteiger partial charge in [0, 0.05) is 31.7 Å². The Morgan fingerprint density at radius 1 is 1.15 bits per heavy atom. The van der Waals surface area contributed by atoms with Crippen molar-refractivity contribution in [2.45, 2.75) is 70.6 Å². The van der Waals surface area contributed by atoms with Gasteiger partial charge in [-0.3, -0.25) is 4.99 Å². The molecule has 2 rings (SSSR count). The van der Waals surface area contributed by atoms with Crippen LogP contribution < -0.4 is 10.6 Å². The van der Waals surface area contributed by atoms with Crippen LogP contribution in [0.4, 0.5) is 0 Å². The number of nitrogens with one attached hydrogen (secondary N) is 2. The van der Waals surface area contributed by atoms with Crippen LogP contribution >= 0.6 is 24.0 Å². The summed E-state index contributed by atoms with van der Waals surface area (Å²) in [5, 5.41) is 7.11. The molecule has 0 aromatic heterocycles. The van der Waals surface area contributed by atoms with Crippen molar-refractivity contribution in [3.8, 4) is 0 Å². The van der Waals surface area contributed by atoms with Crippen molar-refractivity contribution in [3.63, 3.8) is 0 Å². The summed E-state index contributed by atoms with van der Waals surface area (Å²) in [5.41, 5.74) is 0.0892. The van der Waals surface area contributed by atoms with Gasteiger partial charge in [0.1, 0.15) is 0 Å². The minimum atomic E-state index is -0.0309. The predicted molar refractivity (Wildman–Crippen MR) is 94.9 cm³/mol. The highest BCUT2D eigenvalue weighted by atomic mass is 127. The summed E-state index contributed by atoms with van der Waals surface area (Å²) in [7, 11) is 3.66. The molecule has 2 fully saturated rings. The second kappa shape index (κ2) is 6.81. The molecule has 0 spiro atoms. The minimum Gasteiger partial charge on any atom is -0.378 e. The third-order valence-corrected chi connectivity index (χ3v) is 5.51. The van der Waals surface area contributed by atoms with E-state index in [0.717, 1.165) is 12.4 Å². The average Bonchev–Trinajstić information content (AvgIpc) is 2.89. The Morgan fingerprint density at radius 2 is 1.75 bits per heavy atom. The summed E-state index contributed by atoms with van der Waals surface area (Å²) in [6.07, 6.45) is 6.24. The maximum absolute atomic E-state index is 5.67. The Balaban J connectivity index is 0.00000200. The standard InChI is InChI=1S/C15H29N3O.HI/c1-14(2)12(10-15(14,3)19-5)18-13(16-4)17-11-8-6-7-9-11;/h11-12H,6-10H2,1-5H3,(H2,16,17,18);1H. The number of nitrogens with zero attached hydrogens (tertiary/aromatic N) is 1. The minimum absolute atomic E-state index is 0. The second-order valence-electron chi connectivity index (χ2n) is 6.76. The molecule has 0 aliphatic heterocycles. The molecule has 0 radical (unpaired) electrons. The zero-order valence-corrected chi connectivity index (χ0v) is 15.8. The van der Waals surface area contributed by atoms with Crippen molar-refractivity contribution in [3.05, 3.63) is 0 Å². The van der Waals surface area contributed by atoms with E-state index in [1.807, 2.05) is 14.2 Å². The number of guanidine groups is 1. The Hall–Kier alpha value is -0.0400. The molecular weight excluding hydrogens is 365 g/mol. The van der Waals surface area contributed by atoms with Gasteiger partial charge in [0.15, 0.2) is 5.96 Å². The molecule has 0 amide bonds. The van der Waals surface area contributed by atoms with Crippen molar-refractivity contribution < 1.29 is 4.74 Å². The van der Waals surface area contributed by atoms with Gasteiger partial charge >= 0.3 is 0 Å². The summed E-state index contributed by atoms with van der Waals surface area (Å²) in [6, 6.07) is 1.02. The monoisotopic (exact) mass is 395 g/mol. The molecule has 0 heterocycles. The number of ether oxygens (including phenoxy) is 1. The molecule has 0 aromatic rings. The Labute approximate surface area is 140 Å². The quantitative estimate of drug-likeness (QED) is 0.439. The molecule has 0 bridgehead atoms. The molecular formula is C15H30IN3O. The molecule has 0 saturated heterocycles. The Morgan fingerprint density at radius 3 is 2.20 bits per heavy atom. The molecule has 118 valence electrons. The van der Waals surface area contributed by atoms with Crippen LogP contribution in [0.3, 0.4) is 0 Å². The highest BCUT2D eigenvalue weighted by Crippen LogP contribution is 2.51. The maximum atomic E-state index is 5.67. The first kappa shape index (κ1) is 18.0. The fourth-order valence-electron chi connectivity index (χ4n) is 3.32. The Kier molecular flexibility index (Phi) is 6.14. The van der Waals surface area contributed by atoms with Crippen LogP contribution in [0.15, 0.2) is 4.99 Å². The van der Waals surface area contributed by atoms with E-state index in [0.29, 0.717) is 12.1 Å². The van der Waals surface area contributed by atoms with Gasteiger partial charge in [-0.2, -0.15) is 0 Å². The van der Waals surface area contributed by atoms with Gasteiger partial charge in [0.2, 0.25) is 0 Å². The summed E-state index contributed by atoms with van der Waals surface area (Å²) >= 11 is 0. The first-order valence-electron chi connectivity index (χ1n) is 7.48. The van der Waals surface area contributed by atoms with E-state index < -0.39 is 0 Å². The second-order valence-corrected chi connectivity index (χ2v) is 6.76. The number of hydrogen-bond donors (Lipinski definition) is 2. The summed E-state index contributed by atoms with van der Waals surface area (Å²) in [4.78, 5) is 4.37. The average molecular weight is 395 g/mol. The molecule has 2 unspecified atom stereocenters. The molecule has 2 aliphatic carbocycles. The smallest absolute Gasteiger partial charge is 0.191 e. The predicted octanol–water partition coefficient (Wildman–Crippen LogP) is 2.92. The topological polar surface area (TPSA) is 45.7 Å². The largest absolute Gasteiger partial charge is 0.378 e. The zero-order valence-electron chi connectivity index (χ0n) is 13.5. The van der Waals surface area contributed by atoms with Gasteiger partial charge < -0.3 is 15.4 Å². The van der Waals surface area contributed by atoms with Crippen molar-refractivity contribution in [2.24, 2.45) is 10.4 Å². The third kappa shape index (κ3) is 3.24. The molecule has 0 aromatic carbocycles. The maximum Gasteiger partial charge on any atom is 0.191 e. The lowest BCUT2D eigenvalue weighted by Gasteiger charge is -2.59. The number of rotatable bonds is 3. The van der Waals surface area contributed by atoms with Gasteiger partial charge in [-0.25, -0.2) is 0 Å². The highest BCUT2D eigenvalue weighted by molar-refractivity contribution is 14.0. The van der Waals surface area contributed by atoms with Crippen molar-refractivity contribution in [2.75, 3.05) is 14.2 Å². The van der Waals surface area contributed by atoms with Gasteiger partial charge in [-0.1, -0.05) is 26.7 Å². The van der Waals surface area contributed by atoms with Crippen LogP contribution in [0.2, 0.25) is 0 Å². The molecule has 20 heavy (non-hydrogen) atoms. The van der Waals surface area contributed by atoms with Crippen molar-refractivity contribution in [1.82, 2.24) is 10.6 Å². The van der Waals surface area contributed by atoms with E-state index in [9.17, 15) is 0 Å². The van der Waals surface area contributed by atoms with Gasteiger partial charge in [0.25, 0.3) is 0 Å². The number of methoxy groups -OCH3 is 1. The van der Waals surface area contributed by atoms with Crippen molar-refractivity contribution in [1.29, 1.82) is 0 Å². The summed E-state index contributed by atoms with van der Waals surface area (Å²) in [5.74, 6) is 0.947. The molecule has 2 saturated carbocycles. The van der Waals surface area contributed by atoms with Gasteiger partial charge in [-0.05, 0) is 26.2 Å². The number of hydrogen-bond acceptors (Lipinski definition) is 2. The van der Waals surface area contributed by atoms with Crippen LogP contribution in [-0.4, -0.2) is 37.8 Å². The van der Waals surface area contributed by atoms with Gasteiger partial charge in [-0.15, -0.1) is 24.0 Å². The normalized spacial score (nSPS) is 33.2. The molecule has 2 aliphatic rings. The lowest BCUT2D eigenvalue weighted by Crippen LogP contribution is -2.69. The summed E-state index contributed by atoms with van der Waals surface area (Å²) in [6.45, 7) is 6.72. The summed E-state index contributed by atoms with van der Waals surface area (Å²) < 4.78 is 5.67. The number of halogens is 1. The van der Waals surface area contributed by atoms with E-state index in [-0.39, 0.29) is 35.0 Å². The van der Waals surface area contributed by atoms with Gasteiger partial charge in [0.05, 0.1) is 5.60 Å². The van der Waals surface area contributed by atoms with E-state index in [4.69, 9.17) is 4.74 Å². The van der Waals surface area contributed by atoms with E-state index in [2.05, 4.69) is 36.4 Å². The van der Waals surface area contributed by atoms with Crippen LogP contribution in [0.1, 0.15) is 52.9 Å². The Bertz CT molecular complexity index is 353. The lowest BCUT2D eigenvalue weighted by molar-refractivity contribution is -0.176. The fraction of sp³-hybridized carbons (Fsp3) is 0.933. The van der Waals surface area contributed by atoms with Crippen LogP contribution in [0.25, 0.3) is 0 Å². The first-order valence-corrected chi connectivity index (χ1v) is 7.48. The molecule has 2 atom stereocenters. The molecule has 4 nitrogen and oxygen atoms in total. The van der Waals surface area contributed by atoms with Crippen LogP contribution in [0, 0.1) is 5.41 Å². The third-order valence-electron chi connectivity index (χ3n) is 5.51. The first-order chi connectivity index (χ1) is 8.93. The van der Waals surface area contributed by atoms with Crippen LogP contribution in [0.5, 0.6) is 0 Å². The highest BCUT2D eigenvalue weighted by Gasteiger charge is 2.58. The number of aliphatic imine (C=N–C) groups is 1. The van der Waals surface area contributed by atoms with E-state index >= 15 is 0 Å².